The molecule has 0 saturated carbocycles. The molecule has 0 spiro atoms. The van der Waals surface area contributed by atoms with Crippen LogP contribution in [-0.4, -0.2) is 30.8 Å². The number of hydrogen-bond acceptors (Lipinski definition) is 3. The lowest BCUT2D eigenvalue weighted by molar-refractivity contribution is -0.524. The van der Waals surface area contributed by atoms with Crippen LogP contribution in [0.3, 0.4) is 0 Å². The Kier molecular flexibility index (Phi) is 1.50. The van der Waals surface area contributed by atoms with E-state index in [0.29, 0.717) is 0 Å². The summed E-state index contributed by atoms with van der Waals surface area (Å²) in [5.41, 5.74) is -0.135. The van der Waals surface area contributed by atoms with E-state index in [4.69, 9.17) is 9.78 Å². The van der Waals surface area contributed by atoms with Crippen molar-refractivity contribution in [2.45, 2.75) is 25.7 Å². The molecule has 0 N–H and O–H groups in total. The van der Waals surface area contributed by atoms with Crippen molar-refractivity contribution in [3.8, 4) is 0 Å². The maximum Gasteiger partial charge on any atom is 0.177 e. The lowest BCUT2D eigenvalue weighted by atomic mass is 10.1. The molecule has 0 aliphatic carbocycles. The summed E-state index contributed by atoms with van der Waals surface area (Å²) in [4.78, 5) is 11.7. The molecule has 3 heteroatoms. The van der Waals surface area contributed by atoms with Crippen molar-refractivity contribution in [1.82, 2.24) is 4.90 Å². The van der Waals surface area contributed by atoms with Gasteiger partial charge < -0.3 is 0 Å². The summed E-state index contributed by atoms with van der Waals surface area (Å²) >= 11 is 0. The Morgan fingerprint density at radius 1 is 1.33 bits per heavy atom. The van der Waals surface area contributed by atoms with Gasteiger partial charge in [0.25, 0.3) is 0 Å². The molecule has 54 valence electrons. The first-order valence-corrected chi connectivity index (χ1v) is 3.05. The fourth-order valence-electron chi connectivity index (χ4n) is 0.991. The van der Waals surface area contributed by atoms with Crippen LogP contribution in [-0.2, 0) is 9.78 Å². The van der Waals surface area contributed by atoms with Gasteiger partial charge in [-0.15, -0.1) is 0 Å². The Balaban J connectivity index is 2.45. The van der Waals surface area contributed by atoms with Gasteiger partial charge >= 0.3 is 0 Å². The number of rotatable bonds is 1. The highest BCUT2D eigenvalue weighted by atomic mass is 17.3. The molecule has 1 rings (SSSR count). The largest absolute Gasteiger partial charge is 0.279 e. The molecule has 0 aromatic heterocycles. The zero-order valence-electron chi connectivity index (χ0n) is 6.34. The lowest BCUT2D eigenvalue weighted by Crippen LogP contribution is -2.58. The maximum absolute atomic E-state index is 4.85. The molecule has 1 fully saturated rings. The van der Waals surface area contributed by atoms with Gasteiger partial charge in [-0.25, -0.2) is 9.78 Å². The fourth-order valence-corrected chi connectivity index (χ4v) is 0.991. The average Bonchev–Trinajstić information content (AvgIpc) is 1.62. The zero-order valence-corrected chi connectivity index (χ0v) is 6.34. The van der Waals surface area contributed by atoms with E-state index in [1.165, 1.54) is 0 Å². The van der Waals surface area contributed by atoms with Gasteiger partial charge in [0.05, 0.1) is 0 Å². The van der Waals surface area contributed by atoms with Gasteiger partial charge in [-0.3, -0.25) is 4.90 Å². The fraction of sp³-hybridized carbons (Fsp3) is 1.00. The second-order valence-electron chi connectivity index (χ2n) is 3.10. The first-order chi connectivity index (χ1) is 4.04. The second-order valence-corrected chi connectivity index (χ2v) is 3.10. The molecule has 1 heterocycles. The van der Waals surface area contributed by atoms with E-state index in [1.54, 1.807) is 0 Å². The Hall–Kier alpha value is -0.120. The molecule has 0 radical (unpaired) electrons. The molecule has 0 bridgehead atoms. The van der Waals surface area contributed by atoms with Gasteiger partial charge in [-0.2, -0.15) is 0 Å². The predicted molar refractivity (Wildman–Crippen MR) is 33.7 cm³/mol. The lowest BCUT2D eigenvalue weighted by Gasteiger charge is -2.44. The van der Waals surface area contributed by atoms with E-state index in [1.807, 2.05) is 32.8 Å². The topological polar surface area (TPSA) is 21.7 Å². The van der Waals surface area contributed by atoms with E-state index in [9.17, 15) is 0 Å². The molecule has 9 heavy (non-hydrogen) atoms. The monoisotopic (exact) mass is 131 g/mol. The van der Waals surface area contributed by atoms with Crippen LogP contribution < -0.4 is 0 Å². The minimum Gasteiger partial charge on any atom is -0.279 e. The Bertz CT molecular complexity index is 112. The van der Waals surface area contributed by atoms with Crippen LogP contribution in [0.25, 0.3) is 0 Å². The maximum atomic E-state index is 4.85. The molecule has 0 aromatic carbocycles. The highest BCUT2D eigenvalue weighted by Crippen LogP contribution is 2.29. The van der Waals surface area contributed by atoms with Crippen molar-refractivity contribution in [2.24, 2.45) is 0 Å². The summed E-state index contributed by atoms with van der Waals surface area (Å²) in [7, 11) is 3.93. The van der Waals surface area contributed by atoms with Gasteiger partial charge in [-0.05, 0) is 27.9 Å². The van der Waals surface area contributed by atoms with Crippen molar-refractivity contribution in [2.75, 3.05) is 14.1 Å². The van der Waals surface area contributed by atoms with Crippen LogP contribution >= 0.6 is 0 Å². The molecular weight excluding hydrogens is 118 g/mol. The van der Waals surface area contributed by atoms with Gasteiger partial charge in [0, 0.05) is 0 Å². The van der Waals surface area contributed by atoms with Crippen LogP contribution in [0.5, 0.6) is 0 Å². The average molecular weight is 131 g/mol. The summed E-state index contributed by atoms with van der Waals surface area (Å²) < 4.78 is 0. The van der Waals surface area contributed by atoms with E-state index in [2.05, 4.69) is 0 Å². The van der Waals surface area contributed by atoms with Crippen molar-refractivity contribution in [3.05, 3.63) is 0 Å². The second kappa shape index (κ2) is 1.94. The molecule has 1 unspecified atom stereocenters. The van der Waals surface area contributed by atoms with Crippen molar-refractivity contribution < 1.29 is 9.78 Å². The first-order valence-electron chi connectivity index (χ1n) is 3.05. The predicted octanol–water partition coefficient (Wildman–Crippen LogP) is 0.614. The van der Waals surface area contributed by atoms with Gasteiger partial charge in [0.1, 0.15) is 5.60 Å². The molecule has 3 nitrogen and oxygen atoms in total. The Morgan fingerprint density at radius 3 is 1.89 bits per heavy atom. The summed E-state index contributed by atoms with van der Waals surface area (Å²) in [6.07, 6.45) is 0.109. The molecule has 0 amide bonds. The first kappa shape index (κ1) is 6.99. The van der Waals surface area contributed by atoms with Crippen molar-refractivity contribution >= 4 is 0 Å². The third kappa shape index (κ3) is 1.08. The minimum atomic E-state index is -0.135. The summed E-state index contributed by atoms with van der Waals surface area (Å²) in [6, 6.07) is 0. The summed E-state index contributed by atoms with van der Waals surface area (Å²) in [5, 5.41) is 0. The Labute approximate surface area is 55.5 Å². The molecule has 1 aliphatic rings. The van der Waals surface area contributed by atoms with Crippen LogP contribution in [0, 0.1) is 0 Å². The number of likely N-dealkylation sites (N-methyl/N-ethyl adjacent to an activating group) is 1. The van der Waals surface area contributed by atoms with Gasteiger partial charge in [-0.1, -0.05) is 0 Å². The number of nitrogens with zero attached hydrogens (tertiary/aromatic N) is 1. The zero-order chi connectivity index (χ0) is 7.07. The van der Waals surface area contributed by atoms with E-state index in [0.717, 1.165) is 0 Å². The van der Waals surface area contributed by atoms with E-state index in [-0.39, 0.29) is 11.8 Å². The van der Waals surface area contributed by atoms with E-state index >= 15 is 0 Å². The van der Waals surface area contributed by atoms with Crippen LogP contribution in [0.4, 0.5) is 0 Å². The highest BCUT2D eigenvalue weighted by molar-refractivity contribution is 4.81. The molecule has 1 atom stereocenters. The minimum absolute atomic E-state index is 0.109. The normalized spacial score (nSPS) is 32.3. The molecule has 1 saturated heterocycles. The van der Waals surface area contributed by atoms with E-state index < -0.39 is 0 Å². The molecular formula is C6H13NO2. The summed E-state index contributed by atoms with van der Waals surface area (Å²) in [6.45, 7) is 4.00. The molecule has 1 aliphatic heterocycles. The smallest absolute Gasteiger partial charge is 0.177 e. The standard InChI is InChI=1S/C6H13NO2/c1-6(2)5(7(3)4)8-9-6/h5H,1-4H3. The third-order valence-electron chi connectivity index (χ3n) is 1.42. The Morgan fingerprint density at radius 2 is 1.89 bits per heavy atom. The quantitative estimate of drug-likeness (QED) is 0.487. The number of hydrogen-bond donors (Lipinski definition) is 0. The highest BCUT2D eigenvalue weighted by Gasteiger charge is 2.44. The van der Waals surface area contributed by atoms with Crippen molar-refractivity contribution in [1.29, 1.82) is 0 Å². The third-order valence-corrected chi connectivity index (χ3v) is 1.42. The van der Waals surface area contributed by atoms with Gasteiger partial charge in [0.2, 0.25) is 0 Å². The SMILES string of the molecule is CN(C)C1OOC1(C)C. The van der Waals surface area contributed by atoms with Crippen LogP contribution in [0.1, 0.15) is 13.8 Å². The van der Waals surface area contributed by atoms with Crippen LogP contribution in [0.2, 0.25) is 0 Å². The van der Waals surface area contributed by atoms with Gasteiger partial charge in [0.15, 0.2) is 6.23 Å². The van der Waals surface area contributed by atoms with Crippen molar-refractivity contribution in [3.63, 3.8) is 0 Å². The molecule has 0 aromatic rings. The summed E-state index contributed by atoms with van der Waals surface area (Å²) in [5.74, 6) is 0. The van der Waals surface area contributed by atoms with Crippen LogP contribution in [0.15, 0.2) is 0 Å².